The van der Waals surface area contributed by atoms with Gasteiger partial charge in [0.05, 0.1) is 6.61 Å². The van der Waals surface area contributed by atoms with Crippen molar-refractivity contribution >= 4 is 0 Å². The Morgan fingerprint density at radius 1 is 1.36 bits per heavy atom. The summed E-state index contributed by atoms with van der Waals surface area (Å²) in [7, 11) is 0. The fraction of sp³-hybridized carbons (Fsp3) is 1.00. The number of azide groups is 1. The molecule has 0 atom stereocenters. The molecule has 14 heavy (non-hydrogen) atoms. The second kappa shape index (κ2) is 10.3. The van der Waals surface area contributed by atoms with Crippen molar-refractivity contribution in [1.29, 1.82) is 0 Å². The van der Waals surface area contributed by atoms with Crippen molar-refractivity contribution in [3.63, 3.8) is 0 Å². The van der Waals surface area contributed by atoms with Crippen LogP contribution < -0.4 is 0 Å². The summed E-state index contributed by atoms with van der Waals surface area (Å²) < 4.78 is 5.27. The summed E-state index contributed by atoms with van der Waals surface area (Å²) in [6.45, 7) is 9.22. The Morgan fingerprint density at radius 2 is 2.14 bits per heavy atom. The van der Waals surface area contributed by atoms with Crippen molar-refractivity contribution in [3.8, 4) is 0 Å². The molecule has 0 unspecified atom stereocenters. The van der Waals surface area contributed by atoms with E-state index in [4.69, 9.17) is 10.3 Å². The minimum absolute atomic E-state index is 0.585. The van der Waals surface area contributed by atoms with Crippen LogP contribution >= 0.6 is 0 Å². The molecule has 0 saturated carbocycles. The van der Waals surface area contributed by atoms with Gasteiger partial charge in [-0.1, -0.05) is 12.0 Å². The van der Waals surface area contributed by atoms with Gasteiger partial charge in [-0.15, -0.1) is 0 Å². The van der Waals surface area contributed by atoms with Crippen LogP contribution in [-0.2, 0) is 4.74 Å². The lowest BCUT2D eigenvalue weighted by Gasteiger charge is -2.19. The number of ether oxygens (including phenoxy) is 1. The molecule has 0 aliphatic heterocycles. The van der Waals surface area contributed by atoms with Crippen molar-refractivity contribution in [2.24, 2.45) is 5.11 Å². The maximum absolute atomic E-state index is 8.09. The molecule has 0 N–H and O–H groups in total. The van der Waals surface area contributed by atoms with Crippen molar-refractivity contribution in [3.05, 3.63) is 10.4 Å². The third-order valence-corrected chi connectivity index (χ3v) is 2.00. The summed E-state index contributed by atoms with van der Waals surface area (Å²) >= 11 is 0. The summed E-state index contributed by atoms with van der Waals surface area (Å²) in [5.74, 6) is 0. The van der Waals surface area contributed by atoms with Gasteiger partial charge in [0.1, 0.15) is 0 Å². The molecular weight excluding hydrogens is 180 g/mol. The SMILES string of the molecule is CCOCCN(CC)CCCN=[N+]=[N-]. The zero-order valence-electron chi connectivity index (χ0n) is 9.15. The minimum Gasteiger partial charge on any atom is -0.380 e. The van der Waals surface area contributed by atoms with E-state index in [2.05, 4.69) is 21.8 Å². The van der Waals surface area contributed by atoms with Crippen LogP contribution in [0.25, 0.3) is 10.4 Å². The molecule has 0 spiro atoms. The average molecular weight is 200 g/mol. The Labute approximate surface area is 85.7 Å². The predicted molar refractivity (Wildman–Crippen MR) is 57.2 cm³/mol. The molecule has 5 nitrogen and oxygen atoms in total. The number of likely N-dealkylation sites (N-methyl/N-ethyl adjacent to an activating group) is 1. The number of nitrogens with zero attached hydrogens (tertiary/aromatic N) is 4. The molecule has 0 radical (unpaired) electrons. The Kier molecular flexibility index (Phi) is 9.74. The third-order valence-electron chi connectivity index (χ3n) is 2.00. The van der Waals surface area contributed by atoms with Crippen LogP contribution in [0.5, 0.6) is 0 Å². The molecule has 0 aromatic heterocycles. The maximum Gasteiger partial charge on any atom is 0.0593 e. The quantitative estimate of drug-likeness (QED) is 0.247. The Hall–Kier alpha value is -0.770. The smallest absolute Gasteiger partial charge is 0.0593 e. The van der Waals surface area contributed by atoms with Gasteiger partial charge in [0.2, 0.25) is 0 Å². The Balaban J connectivity index is 3.42. The lowest BCUT2D eigenvalue weighted by molar-refractivity contribution is 0.115. The van der Waals surface area contributed by atoms with Crippen LogP contribution in [0.4, 0.5) is 0 Å². The molecule has 0 saturated heterocycles. The monoisotopic (exact) mass is 200 g/mol. The van der Waals surface area contributed by atoms with E-state index in [0.29, 0.717) is 6.54 Å². The average Bonchev–Trinajstić information content (AvgIpc) is 2.22. The van der Waals surface area contributed by atoms with Gasteiger partial charge in [-0.25, -0.2) is 0 Å². The van der Waals surface area contributed by atoms with Crippen molar-refractivity contribution < 1.29 is 4.74 Å². The van der Waals surface area contributed by atoms with Gasteiger partial charge >= 0.3 is 0 Å². The summed E-state index contributed by atoms with van der Waals surface area (Å²) in [4.78, 5) is 5.01. The van der Waals surface area contributed by atoms with E-state index in [1.807, 2.05) is 6.92 Å². The van der Waals surface area contributed by atoms with E-state index in [1.54, 1.807) is 0 Å². The first kappa shape index (κ1) is 13.2. The van der Waals surface area contributed by atoms with Crippen molar-refractivity contribution in [2.75, 3.05) is 39.4 Å². The molecule has 0 aromatic carbocycles. The number of rotatable bonds is 9. The van der Waals surface area contributed by atoms with Crippen molar-refractivity contribution in [1.82, 2.24) is 4.90 Å². The van der Waals surface area contributed by atoms with Gasteiger partial charge in [0.15, 0.2) is 0 Å². The predicted octanol–water partition coefficient (Wildman–Crippen LogP) is 2.05. The van der Waals surface area contributed by atoms with E-state index in [-0.39, 0.29) is 0 Å². The van der Waals surface area contributed by atoms with Crippen LogP contribution in [0.3, 0.4) is 0 Å². The normalized spacial score (nSPS) is 10.2. The summed E-state index contributed by atoms with van der Waals surface area (Å²) in [5.41, 5.74) is 8.09. The van der Waals surface area contributed by atoms with Gasteiger partial charge in [0, 0.05) is 24.6 Å². The van der Waals surface area contributed by atoms with Crippen molar-refractivity contribution in [2.45, 2.75) is 20.3 Å². The van der Waals surface area contributed by atoms with Crippen LogP contribution in [-0.4, -0.2) is 44.3 Å². The zero-order chi connectivity index (χ0) is 10.6. The topological polar surface area (TPSA) is 61.2 Å². The highest BCUT2D eigenvalue weighted by atomic mass is 16.5. The summed E-state index contributed by atoms with van der Waals surface area (Å²) in [6, 6.07) is 0. The van der Waals surface area contributed by atoms with E-state index >= 15 is 0 Å². The molecule has 0 rings (SSSR count). The van der Waals surface area contributed by atoms with Gasteiger partial charge in [-0.3, -0.25) is 0 Å². The summed E-state index contributed by atoms with van der Waals surface area (Å²) in [5, 5.41) is 3.50. The first-order valence-corrected chi connectivity index (χ1v) is 5.16. The Morgan fingerprint density at radius 3 is 2.71 bits per heavy atom. The van der Waals surface area contributed by atoms with Gasteiger partial charge in [0.25, 0.3) is 0 Å². The number of hydrogen-bond donors (Lipinski definition) is 0. The second-order valence-electron chi connectivity index (χ2n) is 2.94. The maximum atomic E-state index is 8.09. The van der Waals surface area contributed by atoms with Crippen LogP contribution in [0, 0.1) is 0 Å². The highest BCUT2D eigenvalue weighted by Gasteiger charge is 2.00. The van der Waals surface area contributed by atoms with Crippen LogP contribution in [0.15, 0.2) is 5.11 Å². The highest BCUT2D eigenvalue weighted by Crippen LogP contribution is 1.92. The van der Waals surface area contributed by atoms with Crippen LogP contribution in [0.1, 0.15) is 20.3 Å². The van der Waals surface area contributed by atoms with Gasteiger partial charge in [-0.2, -0.15) is 0 Å². The minimum atomic E-state index is 0.585. The standard InChI is InChI=1S/C9H20N4O/c1-3-13(8-9-14-4-2)7-5-6-11-12-10/h3-9H2,1-2H3. The molecule has 0 bridgehead atoms. The molecular formula is C9H20N4O. The lowest BCUT2D eigenvalue weighted by atomic mass is 10.4. The van der Waals surface area contributed by atoms with E-state index in [1.165, 1.54) is 0 Å². The van der Waals surface area contributed by atoms with E-state index < -0.39 is 0 Å². The fourth-order valence-corrected chi connectivity index (χ4v) is 1.18. The second-order valence-corrected chi connectivity index (χ2v) is 2.94. The molecule has 0 aliphatic carbocycles. The lowest BCUT2D eigenvalue weighted by Crippen LogP contribution is -2.28. The molecule has 0 heterocycles. The largest absolute Gasteiger partial charge is 0.380 e. The Bertz CT molecular complexity index is 168. The molecule has 0 fully saturated rings. The highest BCUT2D eigenvalue weighted by molar-refractivity contribution is 4.56. The number of hydrogen-bond acceptors (Lipinski definition) is 3. The molecule has 82 valence electrons. The van der Waals surface area contributed by atoms with E-state index in [9.17, 15) is 0 Å². The first-order chi connectivity index (χ1) is 6.85. The third kappa shape index (κ3) is 7.86. The van der Waals surface area contributed by atoms with Gasteiger partial charge in [-0.05, 0) is 32.0 Å². The van der Waals surface area contributed by atoms with Crippen LogP contribution in [0.2, 0.25) is 0 Å². The van der Waals surface area contributed by atoms with E-state index in [0.717, 1.165) is 39.3 Å². The zero-order valence-corrected chi connectivity index (χ0v) is 9.15. The fourth-order valence-electron chi connectivity index (χ4n) is 1.18. The van der Waals surface area contributed by atoms with Gasteiger partial charge < -0.3 is 9.64 Å². The molecule has 5 heteroatoms. The summed E-state index contributed by atoms with van der Waals surface area (Å²) in [6.07, 6.45) is 0.921. The molecule has 0 aliphatic rings. The molecule has 0 aromatic rings. The first-order valence-electron chi connectivity index (χ1n) is 5.16. The molecule has 0 amide bonds.